The summed E-state index contributed by atoms with van der Waals surface area (Å²) in [6, 6.07) is 6.14. The lowest BCUT2D eigenvalue weighted by molar-refractivity contribution is 0.112. The van der Waals surface area contributed by atoms with Crippen molar-refractivity contribution in [3.8, 4) is 0 Å². The van der Waals surface area contributed by atoms with Crippen LogP contribution < -0.4 is 10.9 Å². The minimum atomic E-state index is -0.410. The molecule has 4 nitrogen and oxygen atoms in total. The van der Waals surface area contributed by atoms with Gasteiger partial charge in [-0.05, 0) is 37.5 Å². The summed E-state index contributed by atoms with van der Waals surface area (Å²) in [4.78, 5) is 23.4. The topological polar surface area (TPSA) is 51.1 Å². The molecule has 5 heteroatoms. The average molecular weight is 316 g/mol. The van der Waals surface area contributed by atoms with Crippen LogP contribution in [-0.4, -0.2) is 10.9 Å². The Labute approximate surface area is 135 Å². The lowest BCUT2D eigenvalue weighted by Gasteiger charge is -2.13. The molecule has 122 valence electrons. The van der Waals surface area contributed by atoms with Crippen LogP contribution in [0.1, 0.15) is 41.9 Å². The van der Waals surface area contributed by atoms with E-state index < -0.39 is 5.82 Å². The number of aldehydes is 1. The van der Waals surface area contributed by atoms with E-state index in [9.17, 15) is 14.0 Å². The third kappa shape index (κ3) is 3.33. The Kier molecular flexibility index (Phi) is 5.32. The van der Waals surface area contributed by atoms with Gasteiger partial charge in [0.1, 0.15) is 5.82 Å². The molecule has 0 atom stereocenters. The van der Waals surface area contributed by atoms with Crippen LogP contribution in [0.2, 0.25) is 0 Å². The number of pyridine rings is 1. The van der Waals surface area contributed by atoms with Crippen LogP contribution in [-0.2, 0) is 13.0 Å². The zero-order chi connectivity index (χ0) is 17.0. The van der Waals surface area contributed by atoms with E-state index in [0.29, 0.717) is 24.2 Å². The third-order valence-corrected chi connectivity index (χ3v) is 3.77. The van der Waals surface area contributed by atoms with Crippen molar-refractivity contribution in [1.29, 1.82) is 0 Å². The van der Waals surface area contributed by atoms with Crippen molar-refractivity contribution in [3.63, 3.8) is 0 Å². The molecule has 0 amide bonds. The number of carbonyl (C=O) groups is 1. The fourth-order valence-electron chi connectivity index (χ4n) is 2.73. The van der Waals surface area contributed by atoms with Crippen molar-refractivity contribution in [3.05, 3.63) is 57.3 Å². The maximum absolute atomic E-state index is 13.9. The van der Waals surface area contributed by atoms with Crippen molar-refractivity contribution in [2.45, 2.75) is 40.2 Å². The molecule has 0 fully saturated rings. The molecule has 0 bridgehead atoms. The van der Waals surface area contributed by atoms with Gasteiger partial charge in [0.2, 0.25) is 0 Å². The minimum Gasteiger partial charge on any atom is -0.352 e. The number of aryl methyl sites for hydroxylation is 1. The van der Waals surface area contributed by atoms with E-state index in [2.05, 4.69) is 5.32 Å². The van der Waals surface area contributed by atoms with Gasteiger partial charge in [0.25, 0.3) is 5.56 Å². The zero-order valence-corrected chi connectivity index (χ0v) is 13.6. The number of carbonyl (C=O) groups excluding carboxylic acids is 1. The zero-order valence-electron chi connectivity index (χ0n) is 13.6. The van der Waals surface area contributed by atoms with Gasteiger partial charge in [-0.25, -0.2) is 4.39 Å². The van der Waals surface area contributed by atoms with Gasteiger partial charge in [0.15, 0.2) is 6.29 Å². The third-order valence-electron chi connectivity index (χ3n) is 3.77. The maximum atomic E-state index is 13.9. The van der Waals surface area contributed by atoms with Crippen LogP contribution in [0.3, 0.4) is 0 Å². The van der Waals surface area contributed by atoms with Crippen molar-refractivity contribution < 1.29 is 9.18 Å². The summed E-state index contributed by atoms with van der Waals surface area (Å²) in [5.41, 5.74) is 2.43. The summed E-state index contributed by atoms with van der Waals surface area (Å²) in [7, 11) is 0. The van der Waals surface area contributed by atoms with Gasteiger partial charge < -0.3 is 9.88 Å². The lowest BCUT2D eigenvalue weighted by atomic mass is 10.1. The summed E-state index contributed by atoms with van der Waals surface area (Å²) in [5, 5.41) is 2.87. The van der Waals surface area contributed by atoms with Crippen LogP contribution in [0.15, 0.2) is 29.1 Å². The Morgan fingerprint density at radius 1 is 1.22 bits per heavy atom. The molecule has 0 unspecified atom stereocenters. The predicted molar refractivity (Wildman–Crippen MR) is 90.2 cm³/mol. The van der Waals surface area contributed by atoms with E-state index in [1.54, 1.807) is 23.6 Å². The van der Waals surface area contributed by atoms with Crippen molar-refractivity contribution in [1.82, 2.24) is 4.57 Å². The van der Waals surface area contributed by atoms with Crippen LogP contribution in [0.25, 0.3) is 0 Å². The minimum absolute atomic E-state index is 0.164. The molecule has 1 N–H and O–H groups in total. The van der Waals surface area contributed by atoms with Gasteiger partial charge in [0.05, 0.1) is 16.9 Å². The molecule has 1 aliphatic heterocycles. The number of halogens is 1. The fourth-order valence-corrected chi connectivity index (χ4v) is 2.73. The number of fused-ring (bicyclic) bond motifs is 1. The highest BCUT2D eigenvalue weighted by Gasteiger charge is 2.19. The monoisotopic (exact) mass is 316 g/mol. The highest BCUT2D eigenvalue weighted by atomic mass is 19.1. The van der Waals surface area contributed by atoms with Gasteiger partial charge in [-0.2, -0.15) is 0 Å². The molecule has 0 saturated carbocycles. The Hall–Kier alpha value is -2.43. The van der Waals surface area contributed by atoms with Crippen LogP contribution >= 0.6 is 0 Å². The fraction of sp³-hybridized carbons (Fsp3) is 0.333. The standard InChI is InChI=1S/C16H15FN2O2.C2H6/c1-10-4-5-13(12(17)7-10)18-14-8-16(21)19-6-2-3-15(19)11(14)9-20;1-2/h4-5,7-9,18H,2-3,6H2,1H3;1-2H3. The second-order valence-corrected chi connectivity index (χ2v) is 5.24. The second kappa shape index (κ2) is 7.22. The molecule has 2 aromatic rings. The summed E-state index contributed by atoms with van der Waals surface area (Å²) < 4.78 is 15.5. The molecule has 0 aliphatic carbocycles. The SMILES string of the molecule is CC.Cc1ccc(Nc2cc(=O)n3c(c2C=O)CCC3)c(F)c1. The molecule has 0 saturated heterocycles. The van der Waals surface area contributed by atoms with E-state index in [1.165, 1.54) is 12.1 Å². The molecule has 23 heavy (non-hydrogen) atoms. The Morgan fingerprint density at radius 2 is 1.96 bits per heavy atom. The second-order valence-electron chi connectivity index (χ2n) is 5.24. The first-order valence-electron chi connectivity index (χ1n) is 7.85. The molecule has 1 aliphatic rings. The van der Waals surface area contributed by atoms with Gasteiger partial charge in [-0.1, -0.05) is 19.9 Å². The Balaban J connectivity index is 0.000000924. The van der Waals surface area contributed by atoms with Gasteiger partial charge in [-0.3, -0.25) is 9.59 Å². The number of benzene rings is 1. The van der Waals surface area contributed by atoms with E-state index >= 15 is 0 Å². The lowest BCUT2D eigenvalue weighted by Crippen LogP contribution is -2.21. The van der Waals surface area contributed by atoms with E-state index in [1.807, 2.05) is 13.8 Å². The predicted octanol–water partition coefficient (Wildman–Crippen LogP) is 3.82. The number of rotatable bonds is 3. The summed E-state index contributed by atoms with van der Waals surface area (Å²) in [6.07, 6.45) is 2.26. The smallest absolute Gasteiger partial charge is 0.252 e. The van der Waals surface area contributed by atoms with Gasteiger partial charge >= 0.3 is 0 Å². The number of nitrogens with one attached hydrogen (secondary N) is 1. The largest absolute Gasteiger partial charge is 0.352 e. The van der Waals surface area contributed by atoms with Crippen molar-refractivity contribution >= 4 is 17.7 Å². The first kappa shape index (κ1) is 16.9. The number of anilines is 2. The van der Waals surface area contributed by atoms with Crippen LogP contribution in [0, 0.1) is 12.7 Å². The average Bonchev–Trinajstić information content (AvgIpc) is 3.02. The molecule has 1 aromatic heterocycles. The Bertz CT molecular complexity index is 781. The highest BCUT2D eigenvalue weighted by Crippen LogP contribution is 2.26. The van der Waals surface area contributed by atoms with Crippen molar-refractivity contribution in [2.75, 3.05) is 5.32 Å². The summed E-state index contributed by atoms with van der Waals surface area (Å²) in [6.45, 7) is 6.43. The van der Waals surface area contributed by atoms with Crippen LogP contribution in [0.4, 0.5) is 15.8 Å². The van der Waals surface area contributed by atoms with Crippen LogP contribution in [0.5, 0.6) is 0 Å². The van der Waals surface area contributed by atoms with E-state index in [0.717, 1.165) is 24.0 Å². The van der Waals surface area contributed by atoms with E-state index in [4.69, 9.17) is 0 Å². The summed E-state index contributed by atoms with van der Waals surface area (Å²) in [5.74, 6) is -0.410. The number of aromatic nitrogens is 1. The Morgan fingerprint density at radius 3 is 2.61 bits per heavy atom. The van der Waals surface area contributed by atoms with Crippen molar-refractivity contribution in [2.24, 2.45) is 0 Å². The van der Waals surface area contributed by atoms with Gasteiger partial charge in [0, 0.05) is 18.3 Å². The molecule has 0 spiro atoms. The molecule has 3 rings (SSSR count). The molecular weight excluding hydrogens is 295 g/mol. The highest BCUT2D eigenvalue weighted by molar-refractivity contribution is 5.87. The van der Waals surface area contributed by atoms with Gasteiger partial charge in [-0.15, -0.1) is 0 Å². The quantitative estimate of drug-likeness (QED) is 0.876. The molecule has 1 aromatic carbocycles. The summed E-state index contributed by atoms with van der Waals surface area (Å²) >= 11 is 0. The molecular formula is C18H21FN2O2. The normalized spacial score (nSPS) is 12.2. The number of hydrogen-bond donors (Lipinski definition) is 1. The maximum Gasteiger partial charge on any atom is 0.252 e. The van der Waals surface area contributed by atoms with E-state index in [-0.39, 0.29) is 11.2 Å². The first-order valence-corrected chi connectivity index (χ1v) is 7.85. The number of nitrogens with zero attached hydrogens (tertiary/aromatic N) is 1. The molecule has 0 radical (unpaired) electrons. The number of hydrogen-bond acceptors (Lipinski definition) is 3. The first-order chi connectivity index (χ1) is 11.1. The molecule has 2 heterocycles.